The molecule has 0 saturated carbocycles. The number of benzene rings is 7. The minimum absolute atomic E-state index is 0.0186. The second-order valence-electron chi connectivity index (χ2n) is 13.8. The molecule has 2 atom stereocenters. The lowest BCUT2D eigenvalue weighted by molar-refractivity contribution is 0.719. The molecule has 0 aromatic heterocycles. The molecule has 0 radical (unpaired) electrons. The molecule has 0 spiro atoms. The van der Waals surface area contributed by atoms with Gasteiger partial charge in [0, 0.05) is 11.5 Å². The molecule has 9 rings (SSSR count). The van der Waals surface area contributed by atoms with Gasteiger partial charge in [0.25, 0.3) is 0 Å². The van der Waals surface area contributed by atoms with E-state index in [9.17, 15) is 0 Å². The molecule has 7 aromatic rings. The number of allylic oxidation sites excluding steroid dienone is 3. The molecule has 2 aliphatic rings. The molecule has 1 heterocycles. The standard InChI is InChI=1S/C52H40N2/c1-7-21-37(22-8-1)45-35-46(50(40-27-13-4-14-28-40)51(41-29-15-5-16-30-41)49(45)39-25-11-3-12-26-39)43-33-19-20-34-44(43)48-36-47(38-23-9-2-10-24-38)53-52(54-48)42-31-17-6-18-32-42/h1-31,33-36,42,47H,32H2,(H,53,54). The molecule has 54 heavy (non-hydrogen) atoms. The van der Waals surface area contributed by atoms with E-state index >= 15 is 0 Å². The molecule has 2 nitrogen and oxygen atoms in total. The molecule has 0 amide bonds. The fourth-order valence-corrected chi connectivity index (χ4v) is 7.91. The normalized spacial score (nSPS) is 16.3. The molecular formula is C52H40N2. The first-order valence-corrected chi connectivity index (χ1v) is 18.8. The Bertz CT molecular complexity index is 2510. The van der Waals surface area contributed by atoms with Crippen LogP contribution >= 0.6 is 0 Å². The van der Waals surface area contributed by atoms with Crippen molar-refractivity contribution in [3.05, 3.63) is 223 Å². The Morgan fingerprint density at radius 1 is 0.444 bits per heavy atom. The van der Waals surface area contributed by atoms with E-state index in [4.69, 9.17) is 4.99 Å². The van der Waals surface area contributed by atoms with E-state index in [0.29, 0.717) is 0 Å². The Kier molecular flexibility index (Phi) is 9.23. The average molecular weight is 693 g/mol. The molecule has 1 aliphatic heterocycles. The number of amidine groups is 1. The van der Waals surface area contributed by atoms with Gasteiger partial charge in [-0.15, -0.1) is 0 Å². The summed E-state index contributed by atoms with van der Waals surface area (Å²) < 4.78 is 0. The average Bonchev–Trinajstić information content (AvgIpc) is 3.27. The quantitative estimate of drug-likeness (QED) is 0.168. The van der Waals surface area contributed by atoms with Crippen molar-refractivity contribution >= 4 is 11.5 Å². The van der Waals surface area contributed by atoms with Crippen molar-refractivity contribution in [2.45, 2.75) is 12.5 Å². The summed E-state index contributed by atoms with van der Waals surface area (Å²) in [6.45, 7) is 0. The maximum atomic E-state index is 5.45. The lowest BCUT2D eigenvalue weighted by Gasteiger charge is -2.29. The second kappa shape index (κ2) is 15.1. The highest BCUT2D eigenvalue weighted by Gasteiger charge is 2.27. The van der Waals surface area contributed by atoms with Crippen LogP contribution in [0, 0.1) is 5.92 Å². The van der Waals surface area contributed by atoms with Crippen LogP contribution in [0.4, 0.5) is 0 Å². The zero-order valence-corrected chi connectivity index (χ0v) is 30.0. The number of nitrogens with one attached hydrogen (secondary N) is 1. The maximum Gasteiger partial charge on any atom is 0.110 e. The summed E-state index contributed by atoms with van der Waals surface area (Å²) in [5.74, 6) is 1.17. The lowest BCUT2D eigenvalue weighted by atomic mass is 9.78. The summed E-state index contributed by atoms with van der Waals surface area (Å²) in [5, 5.41) is 3.81. The number of nitrogens with zero attached hydrogens (tertiary/aromatic N) is 1. The summed E-state index contributed by atoms with van der Waals surface area (Å²) >= 11 is 0. The van der Waals surface area contributed by atoms with E-state index in [1.807, 2.05) is 0 Å². The molecule has 0 fully saturated rings. The van der Waals surface area contributed by atoms with Crippen LogP contribution in [-0.4, -0.2) is 5.84 Å². The van der Waals surface area contributed by atoms with E-state index in [0.717, 1.165) is 29.1 Å². The van der Waals surface area contributed by atoms with Gasteiger partial charge in [0.15, 0.2) is 0 Å². The van der Waals surface area contributed by atoms with Crippen molar-refractivity contribution in [2.75, 3.05) is 0 Å². The van der Waals surface area contributed by atoms with Crippen molar-refractivity contribution in [1.29, 1.82) is 0 Å². The molecule has 258 valence electrons. The predicted molar refractivity (Wildman–Crippen MR) is 228 cm³/mol. The fraction of sp³-hybridized carbons (Fsp3) is 0.0577. The zero-order chi connectivity index (χ0) is 36.1. The maximum absolute atomic E-state index is 5.45. The van der Waals surface area contributed by atoms with Gasteiger partial charge < -0.3 is 5.32 Å². The number of rotatable bonds is 8. The van der Waals surface area contributed by atoms with Crippen LogP contribution in [-0.2, 0) is 0 Å². The largest absolute Gasteiger partial charge is 0.363 e. The summed E-state index contributed by atoms with van der Waals surface area (Å²) in [7, 11) is 0. The van der Waals surface area contributed by atoms with Crippen molar-refractivity contribution in [3.8, 4) is 55.6 Å². The van der Waals surface area contributed by atoms with Crippen LogP contribution in [0.25, 0.3) is 61.3 Å². The highest BCUT2D eigenvalue weighted by molar-refractivity contribution is 6.08. The Labute approximate surface area is 318 Å². The Balaban J connectivity index is 1.37. The van der Waals surface area contributed by atoms with Crippen molar-refractivity contribution < 1.29 is 0 Å². The van der Waals surface area contributed by atoms with Crippen LogP contribution in [0.1, 0.15) is 23.6 Å². The first kappa shape index (κ1) is 33.1. The molecule has 1 N–H and O–H groups in total. The molecule has 2 unspecified atom stereocenters. The smallest absolute Gasteiger partial charge is 0.110 e. The van der Waals surface area contributed by atoms with E-state index in [-0.39, 0.29) is 12.0 Å². The van der Waals surface area contributed by atoms with Crippen LogP contribution in [0.15, 0.2) is 217 Å². The zero-order valence-electron chi connectivity index (χ0n) is 30.0. The monoisotopic (exact) mass is 692 g/mol. The summed E-state index contributed by atoms with van der Waals surface area (Å²) in [5.41, 5.74) is 15.1. The van der Waals surface area contributed by atoms with Crippen LogP contribution in [0.2, 0.25) is 0 Å². The van der Waals surface area contributed by atoms with Gasteiger partial charge in [-0.25, -0.2) is 4.99 Å². The summed E-state index contributed by atoms with van der Waals surface area (Å²) in [4.78, 5) is 5.45. The summed E-state index contributed by atoms with van der Waals surface area (Å²) in [6, 6.07) is 65.5. The van der Waals surface area contributed by atoms with E-state index in [1.165, 1.54) is 55.6 Å². The van der Waals surface area contributed by atoms with Gasteiger partial charge in [-0.1, -0.05) is 200 Å². The predicted octanol–water partition coefficient (Wildman–Crippen LogP) is 13.2. The van der Waals surface area contributed by atoms with E-state index < -0.39 is 0 Å². The van der Waals surface area contributed by atoms with Gasteiger partial charge in [0.05, 0.1) is 11.7 Å². The second-order valence-corrected chi connectivity index (χ2v) is 13.8. The van der Waals surface area contributed by atoms with Crippen molar-refractivity contribution in [3.63, 3.8) is 0 Å². The van der Waals surface area contributed by atoms with Gasteiger partial charge in [-0.3, -0.25) is 0 Å². The third-order valence-electron chi connectivity index (χ3n) is 10.5. The van der Waals surface area contributed by atoms with Gasteiger partial charge in [-0.2, -0.15) is 0 Å². The Morgan fingerprint density at radius 2 is 0.944 bits per heavy atom. The fourth-order valence-electron chi connectivity index (χ4n) is 7.91. The van der Waals surface area contributed by atoms with Crippen molar-refractivity contribution in [1.82, 2.24) is 5.32 Å². The highest BCUT2D eigenvalue weighted by Crippen LogP contribution is 2.51. The van der Waals surface area contributed by atoms with Crippen LogP contribution in [0.5, 0.6) is 0 Å². The topological polar surface area (TPSA) is 24.4 Å². The van der Waals surface area contributed by atoms with Gasteiger partial charge in [0.1, 0.15) is 5.84 Å². The molecule has 2 heteroatoms. The number of hydrogen-bond acceptors (Lipinski definition) is 2. The Hall–Kier alpha value is -6.77. The molecule has 0 bridgehead atoms. The van der Waals surface area contributed by atoms with Gasteiger partial charge in [-0.05, 0) is 79.8 Å². The third-order valence-corrected chi connectivity index (χ3v) is 10.5. The first-order valence-electron chi connectivity index (χ1n) is 18.8. The molecule has 1 aliphatic carbocycles. The SMILES string of the molecule is C1=CCC(C2=NC(c3ccccc3-c3cc(-c4ccccc4)c(-c4ccccc4)c(-c4ccccc4)c3-c3ccccc3)=CC(c3ccccc3)N2)C=C1. The minimum Gasteiger partial charge on any atom is -0.363 e. The lowest BCUT2D eigenvalue weighted by Crippen LogP contribution is -2.35. The Morgan fingerprint density at radius 3 is 1.52 bits per heavy atom. The molecular weight excluding hydrogens is 653 g/mol. The third kappa shape index (κ3) is 6.55. The minimum atomic E-state index is -0.0186. The molecule has 0 saturated heterocycles. The van der Waals surface area contributed by atoms with Crippen LogP contribution < -0.4 is 5.32 Å². The number of aliphatic imine (C=N–C) groups is 1. The highest BCUT2D eigenvalue weighted by atomic mass is 15.1. The first-order chi connectivity index (χ1) is 26.8. The summed E-state index contributed by atoms with van der Waals surface area (Å²) in [6.07, 6.45) is 12.0. The molecule has 7 aromatic carbocycles. The number of hydrogen-bond donors (Lipinski definition) is 1. The van der Waals surface area contributed by atoms with Gasteiger partial charge >= 0.3 is 0 Å². The van der Waals surface area contributed by atoms with E-state index in [2.05, 4.69) is 218 Å². The van der Waals surface area contributed by atoms with Crippen LogP contribution in [0.3, 0.4) is 0 Å². The van der Waals surface area contributed by atoms with E-state index in [1.54, 1.807) is 0 Å². The van der Waals surface area contributed by atoms with Crippen molar-refractivity contribution in [2.24, 2.45) is 10.9 Å². The van der Waals surface area contributed by atoms with Gasteiger partial charge in [0.2, 0.25) is 0 Å².